The number of hydrogen-bond donors (Lipinski definition) is 1. The number of anilines is 1. The predicted molar refractivity (Wildman–Crippen MR) is 90.1 cm³/mol. The predicted octanol–water partition coefficient (Wildman–Crippen LogP) is 3.18. The molecule has 1 aliphatic rings. The number of ether oxygens (including phenoxy) is 1. The Morgan fingerprint density at radius 3 is 2.74 bits per heavy atom. The minimum atomic E-state index is 0.609. The maximum atomic E-state index is 5.22. The molecule has 0 radical (unpaired) electrons. The van der Waals surface area contributed by atoms with Crippen molar-refractivity contribution < 1.29 is 4.74 Å². The molecule has 0 atom stereocenters. The Balaban J connectivity index is 1.97. The van der Waals surface area contributed by atoms with Gasteiger partial charge in [0, 0.05) is 30.5 Å². The summed E-state index contributed by atoms with van der Waals surface area (Å²) >= 11 is 0. The van der Waals surface area contributed by atoms with Gasteiger partial charge in [0.25, 0.3) is 0 Å². The van der Waals surface area contributed by atoms with Gasteiger partial charge in [-0.1, -0.05) is 47.7 Å². The van der Waals surface area contributed by atoms with E-state index < -0.39 is 0 Å². The maximum Gasteiger partial charge on any atom is 0.123 e. The first-order valence-corrected chi connectivity index (χ1v) is 7.72. The van der Waals surface area contributed by atoms with Crippen molar-refractivity contribution in [2.75, 3.05) is 19.0 Å². The number of fused-ring (bicyclic) bond motifs is 5. The van der Waals surface area contributed by atoms with E-state index in [0.717, 1.165) is 29.2 Å². The van der Waals surface area contributed by atoms with Gasteiger partial charge in [0.2, 0.25) is 0 Å². The topological polar surface area (TPSA) is 52.0 Å². The molecule has 0 amide bonds. The summed E-state index contributed by atoms with van der Waals surface area (Å²) in [5.74, 6) is 0. The molecule has 116 valence electrons. The Morgan fingerprint density at radius 2 is 1.87 bits per heavy atom. The molecule has 2 heterocycles. The Morgan fingerprint density at radius 1 is 1.09 bits per heavy atom. The van der Waals surface area contributed by atoms with Crippen LogP contribution in [0.2, 0.25) is 0 Å². The Kier molecular flexibility index (Phi) is 3.55. The summed E-state index contributed by atoms with van der Waals surface area (Å²) in [5, 5.41) is 12.4. The number of hydrogen-bond acceptors (Lipinski definition) is 4. The van der Waals surface area contributed by atoms with Crippen molar-refractivity contribution in [1.29, 1.82) is 0 Å². The van der Waals surface area contributed by atoms with Crippen molar-refractivity contribution in [3.8, 4) is 22.5 Å². The molecule has 0 unspecified atom stereocenters. The third-order valence-corrected chi connectivity index (χ3v) is 4.17. The van der Waals surface area contributed by atoms with Crippen LogP contribution in [-0.4, -0.2) is 28.7 Å². The third kappa shape index (κ3) is 2.39. The fraction of sp³-hybridized carbons (Fsp3) is 0.222. The fourth-order valence-corrected chi connectivity index (χ4v) is 3.04. The molecule has 3 aromatic rings. The van der Waals surface area contributed by atoms with Crippen molar-refractivity contribution in [2.24, 2.45) is 0 Å². The lowest BCUT2D eigenvalue weighted by molar-refractivity contribution is 0.183. The van der Waals surface area contributed by atoms with E-state index in [1.807, 2.05) is 16.8 Å². The molecule has 0 aliphatic carbocycles. The molecular formula is C18H18N4O. The highest BCUT2D eigenvalue weighted by atomic mass is 16.5. The second kappa shape index (κ2) is 5.85. The molecule has 4 rings (SSSR count). The lowest BCUT2D eigenvalue weighted by atomic mass is 9.97. The Hall–Kier alpha value is -2.66. The van der Waals surface area contributed by atoms with Gasteiger partial charge < -0.3 is 10.1 Å². The van der Waals surface area contributed by atoms with Gasteiger partial charge >= 0.3 is 0 Å². The molecule has 1 aromatic heterocycles. The standard InChI is InChI=1S/C18H18N4O/c1-23-11-10-22-18-14-7-3-2-6-13(14)12-19-16-9-5-4-8-15(16)17(18)20-21-22/h2-9,19H,10-12H2,1H3. The lowest BCUT2D eigenvalue weighted by Gasteiger charge is -2.19. The number of rotatable bonds is 3. The number of nitrogens with one attached hydrogen (secondary N) is 1. The van der Waals surface area contributed by atoms with Crippen molar-refractivity contribution >= 4 is 5.69 Å². The van der Waals surface area contributed by atoms with Crippen LogP contribution in [-0.2, 0) is 17.8 Å². The van der Waals surface area contributed by atoms with Crippen LogP contribution < -0.4 is 5.32 Å². The minimum absolute atomic E-state index is 0.609. The van der Waals surface area contributed by atoms with Crippen molar-refractivity contribution in [3.63, 3.8) is 0 Å². The number of para-hydroxylation sites is 1. The van der Waals surface area contributed by atoms with Crippen LogP contribution in [0.25, 0.3) is 22.5 Å². The van der Waals surface area contributed by atoms with E-state index in [0.29, 0.717) is 13.2 Å². The van der Waals surface area contributed by atoms with E-state index in [-0.39, 0.29) is 0 Å². The first-order valence-electron chi connectivity index (χ1n) is 7.72. The molecule has 0 fully saturated rings. The largest absolute Gasteiger partial charge is 0.383 e. The number of aromatic nitrogens is 3. The SMILES string of the molecule is COCCn1nnc2c1-c1ccccc1CNc1ccccc1-2. The molecule has 0 saturated heterocycles. The van der Waals surface area contributed by atoms with Crippen molar-refractivity contribution in [1.82, 2.24) is 15.0 Å². The Bertz CT molecular complexity index is 841. The molecule has 5 nitrogen and oxygen atoms in total. The van der Waals surface area contributed by atoms with Crippen molar-refractivity contribution in [2.45, 2.75) is 13.1 Å². The van der Waals surface area contributed by atoms with Crippen LogP contribution in [0.5, 0.6) is 0 Å². The van der Waals surface area contributed by atoms with Gasteiger partial charge in [-0.2, -0.15) is 0 Å². The van der Waals surface area contributed by atoms with E-state index in [2.05, 4.69) is 52.0 Å². The summed E-state index contributed by atoms with van der Waals surface area (Å²) in [6, 6.07) is 16.6. The van der Waals surface area contributed by atoms with Crippen LogP contribution in [0.1, 0.15) is 5.56 Å². The highest BCUT2D eigenvalue weighted by Crippen LogP contribution is 2.38. The first kappa shape index (κ1) is 14.0. The van der Waals surface area contributed by atoms with E-state index in [1.54, 1.807) is 7.11 Å². The van der Waals surface area contributed by atoms with E-state index in [4.69, 9.17) is 4.74 Å². The summed E-state index contributed by atoms with van der Waals surface area (Å²) in [5.41, 5.74) is 6.56. The van der Waals surface area contributed by atoms with Gasteiger partial charge in [-0.15, -0.1) is 5.10 Å². The molecule has 2 aromatic carbocycles. The maximum absolute atomic E-state index is 5.22. The molecule has 0 spiro atoms. The van der Waals surface area contributed by atoms with Gasteiger partial charge in [-0.3, -0.25) is 0 Å². The van der Waals surface area contributed by atoms with Crippen molar-refractivity contribution in [3.05, 3.63) is 54.1 Å². The number of benzene rings is 2. The van der Waals surface area contributed by atoms with Gasteiger partial charge in [-0.25, -0.2) is 4.68 Å². The fourth-order valence-electron chi connectivity index (χ4n) is 3.04. The van der Waals surface area contributed by atoms with Gasteiger partial charge in [0.15, 0.2) is 0 Å². The van der Waals surface area contributed by atoms with E-state index >= 15 is 0 Å². The molecule has 0 saturated carbocycles. The zero-order valence-corrected chi connectivity index (χ0v) is 13.0. The Labute approximate surface area is 134 Å². The minimum Gasteiger partial charge on any atom is -0.383 e. The van der Waals surface area contributed by atoms with Crippen LogP contribution >= 0.6 is 0 Å². The van der Waals surface area contributed by atoms with Gasteiger partial charge in [0.1, 0.15) is 5.69 Å². The number of methoxy groups -OCH3 is 1. The molecule has 1 aliphatic heterocycles. The molecular weight excluding hydrogens is 288 g/mol. The summed E-state index contributed by atoms with van der Waals surface area (Å²) in [4.78, 5) is 0. The summed E-state index contributed by atoms with van der Waals surface area (Å²) in [6.45, 7) is 2.07. The monoisotopic (exact) mass is 306 g/mol. The van der Waals surface area contributed by atoms with Gasteiger partial charge in [-0.05, 0) is 11.6 Å². The smallest absolute Gasteiger partial charge is 0.123 e. The zero-order chi connectivity index (χ0) is 15.6. The summed E-state index contributed by atoms with van der Waals surface area (Å²) < 4.78 is 7.16. The molecule has 23 heavy (non-hydrogen) atoms. The zero-order valence-electron chi connectivity index (χ0n) is 13.0. The first-order chi connectivity index (χ1) is 11.4. The summed E-state index contributed by atoms with van der Waals surface area (Å²) in [6.07, 6.45) is 0. The third-order valence-electron chi connectivity index (χ3n) is 4.17. The highest BCUT2D eigenvalue weighted by molar-refractivity contribution is 5.87. The molecule has 5 heteroatoms. The average molecular weight is 306 g/mol. The van der Waals surface area contributed by atoms with Crippen LogP contribution in [0.4, 0.5) is 5.69 Å². The summed E-state index contributed by atoms with van der Waals surface area (Å²) in [7, 11) is 1.70. The highest BCUT2D eigenvalue weighted by Gasteiger charge is 2.22. The van der Waals surface area contributed by atoms with Gasteiger partial charge in [0.05, 0.1) is 18.8 Å². The van der Waals surface area contributed by atoms with E-state index in [1.165, 1.54) is 11.1 Å². The second-order valence-corrected chi connectivity index (χ2v) is 5.56. The van der Waals surface area contributed by atoms with E-state index in [9.17, 15) is 0 Å². The number of nitrogens with zero attached hydrogens (tertiary/aromatic N) is 3. The van der Waals surface area contributed by atoms with Crippen LogP contribution in [0, 0.1) is 0 Å². The average Bonchev–Trinajstić information content (AvgIpc) is 3.00. The van der Waals surface area contributed by atoms with Crippen LogP contribution in [0.3, 0.4) is 0 Å². The molecule has 1 N–H and O–H groups in total. The van der Waals surface area contributed by atoms with Crippen LogP contribution in [0.15, 0.2) is 48.5 Å². The normalized spacial score (nSPS) is 12.4. The second-order valence-electron chi connectivity index (χ2n) is 5.56. The lowest BCUT2D eigenvalue weighted by Crippen LogP contribution is -2.11. The molecule has 0 bridgehead atoms. The quantitative estimate of drug-likeness (QED) is 0.807.